The zero-order chi connectivity index (χ0) is 40.3. The maximum atomic E-state index is 6.66. The molecule has 4 heteroatoms. The van der Waals surface area contributed by atoms with E-state index in [9.17, 15) is 0 Å². The highest BCUT2D eigenvalue weighted by Crippen LogP contribution is 2.50. The molecule has 3 nitrogen and oxygen atoms in total. The van der Waals surface area contributed by atoms with E-state index >= 15 is 0 Å². The van der Waals surface area contributed by atoms with Gasteiger partial charge >= 0.3 is 6.85 Å². The summed E-state index contributed by atoms with van der Waals surface area (Å²) in [6.45, 7) is 20.6. The van der Waals surface area contributed by atoms with Crippen molar-refractivity contribution >= 4 is 68.1 Å². The Kier molecular flexibility index (Phi) is 7.99. The van der Waals surface area contributed by atoms with E-state index in [0.717, 1.165) is 39.0 Å². The van der Waals surface area contributed by atoms with Crippen molar-refractivity contribution in [2.24, 2.45) is 0 Å². The molecule has 0 bridgehead atoms. The Labute approximate surface area is 344 Å². The molecule has 3 heterocycles. The van der Waals surface area contributed by atoms with Crippen LogP contribution in [0.3, 0.4) is 0 Å². The minimum atomic E-state index is -0.105. The highest BCUT2D eigenvalue weighted by molar-refractivity contribution is 6.93. The molecular weight excluding hydrogens is 703 g/mol. The summed E-state index contributed by atoms with van der Waals surface area (Å²) in [5, 5.41) is 2.27. The first-order valence-corrected chi connectivity index (χ1v) is 20.8. The summed E-state index contributed by atoms with van der Waals surface area (Å²) >= 11 is 0. The molecule has 0 saturated carbocycles. The van der Waals surface area contributed by atoms with Gasteiger partial charge < -0.3 is 14.1 Å². The molecule has 10 rings (SSSR count). The summed E-state index contributed by atoms with van der Waals surface area (Å²) in [6.07, 6.45) is 0. The van der Waals surface area contributed by atoms with Gasteiger partial charge in [0.1, 0.15) is 11.2 Å². The Morgan fingerprint density at radius 1 is 0.431 bits per heavy atom. The van der Waals surface area contributed by atoms with Crippen LogP contribution in [-0.4, -0.2) is 6.85 Å². The first-order chi connectivity index (χ1) is 27.6. The molecule has 8 aromatic rings. The van der Waals surface area contributed by atoms with Crippen LogP contribution in [-0.2, 0) is 16.2 Å². The normalized spacial score (nSPS) is 13.8. The predicted octanol–water partition coefficient (Wildman–Crippen LogP) is 13.9. The van der Waals surface area contributed by atoms with E-state index in [-0.39, 0.29) is 23.1 Å². The second-order valence-corrected chi connectivity index (χ2v) is 19.5. The Morgan fingerprint density at radius 3 is 1.69 bits per heavy atom. The third-order valence-electron chi connectivity index (χ3n) is 12.5. The standard InChI is InChI=1S/C54H51BN2O/c1-52(2,3)36-19-24-39(25-20-36)56-46-28-23-38(54(7,8)9)31-45(46)55-51-44(29-35(30-48(51)56)34-15-11-10-12-16-34)42-32-43-41-17-13-14-18-49(41)58-50(43)33-47(42)57(55)40-26-21-37(22-27-40)53(4,5)6/h10-33H,1-9H3. The van der Waals surface area contributed by atoms with Crippen molar-refractivity contribution in [2.75, 3.05) is 9.71 Å². The molecule has 0 N–H and O–H groups in total. The highest BCUT2D eigenvalue weighted by atomic mass is 16.3. The Bertz CT molecular complexity index is 2880. The lowest BCUT2D eigenvalue weighted by atomic mass is 9.43. The topological polar surface area (TPSA) is 19.6 Å². The second-order valence-electron chi connectivity index (χ2n) is 19.5. The number of nitrogens with zero attached hydrogens (tertiary/aromatic N) is 2. The third kappa shape index (κ3) is 5.79. The summed E-state index contributed by atoms with van der Waals surface area (Å²) in [5.41, 5.74) is 19.2. The van der Waals surface area contributed by atoms with Crippen LogP contribution in [0.1, 0.15) is 79.0 Å². The molecule has 0 unspecified atom stereocenters. The van der Waals surface area contributed by atoms with E-state index in [0.29, 0.717) is 0 Å². The van der Waals surface area contributed by atoms with Gasteiger partial charge in [0.25, 0.3) is 0 Å². The minimum Gasteiger partial charge on any atom is -0.456 e. The zero-order valence-corrected chi connectivity index (χ0v) is 35.2. The van der Waals surface area contributed by atoms with Crippen molar-refractivity contribution in [2.45, 2.75) is 78.6 Å². The van der Waals surface area contributed by atoms with Crippen molar-refractivity contribution < 1.29 is 4.42 Å². The smallest absolute Gasteiger partial charge is 0.333 e. The van der Waals surface area contributed by atoms with E-state index in [1.807, 2.05) is 0 Å². The Balaban J connectivity index is 1.34. The van der Waals surface area contributed by atoms with E-state index < -0.39 is 0 Å². The molecule has 7 aromatic carbocycles. The van der Waals surface area contributed by atoms with Gasteiger partial charge in [0.15, 0.2) is 0 Å². The molecule has 0 radical (unpaired) electrons. The first kappa shape index (κ1) is 36.4. The van der Waals surface area contributed by atoms with Crippen LogP contribution in [0.25, 0.3) is 44.2 Å². The van der Waals surface area contributed by atoms with Crippen molar-refractivity contribution in [3.05, 3.63) is 162 Å². The van der Waals surface area contributed by atoms with E-state index in [4.69, 9.17) is 4.42 Å². The fourth-order valence-corrected chi connectivity index (χ4v) is 9.24. The molecule has 1 aromatic heterocycles. The van der Waals surface area contributed by atoms with Crippen molar-refractivity contribution in [1.29, 1.82) is 0 Å². The molecule has 0 atom stereocenters. The quantitative estimate of drug-likeness (QED) is 0.168. The van der Waals surface area contributed by atoms with Crippen LogP contribution in [0.4, 0.5) is 28.4 Å². The second kappa shape index (κ2) is 12.8. The zero-order valence-electron chi connectivity index (χ0n) is 35.2. The number of para-hydroxylation sites is 1. The third-order valence-corrected chi connectivity index (χ3v) is 12.5. The molecule has 0 aliphatic carbocycles. The van der Waals surface area contributed by atoms with Gasteiger partial charge in [-0.15, -0.1) is 0 Å². The minimum absolute atomic E-state index is 0.0362. The first-order valence-electron chi connectivity index (χ1n) is 20.8. The van der Waals surface area contributed by atoms with Gasteiger partial charge in [-0.25, -0.2) is 0 Å². The van der Waals surface area contributed by atoms with Crippen LogP contribution < -0.4 is 20.6 Å². The van der Waals surface area contributed by atoms with Crippen molar-refractivity contribution in [1.82, 2.24) is 0 Å². The largest absolute Gasteiger partial charge is 0.456 e. The monoisotopic (exact) mass is 754 g/mol. The Morgan fingerprint density at radius 2 is 1.03 bits per heavy atom. The molecule has 2 aliphatic rings. The maximum absolute atomic E-state index is 6.66. The average molecular weight is 755 g/mol. The van der Waals surface area contributed by atoms with Gasteiger partial charge in [0, 0.05) is 50.8 Å². The summed E-state index contributed by atoms with van der Waals surface area (Å²) in [5.74, 6) is 0. The molecule has 0 fully saturated rings. The lowest BCUT2D eigenvalue weighted by Gasteiger charge is -2.46. The molecule has 0 spiro atoms. The molecule has 2 aliphatic heterocycles. The number of hydrogen-bond acceptors (Lipinski definition) is 3. The highest BCUT2D eigenvalue weighted by Gasteiger charge is 2.46. The van der Waals surface area contributed by atoms with Gasteiger partial charge in [0.05, 0.1) is 0 Å². The van der Waals surface area contributed by atoms with Crippen LogP contribution in [0, 0.1) is 0 Å². The average Bonchev–Trinajstić information content (AvgIpc) is 3.57. The molecule has 0 saturated heterocycles. The summed E-state index contributed by atoms with van der Waals surface area (Å²) < 4.78 is 6.66. The van der Waals surface area contributed by atoms with Gasteiger partial charge in [-0.2, -0.15) is 0 Å². The lowest BCUT2D eigenvalue weighted by molar-refractivity contribution is 0.590. The van der Waals surface area contributed by atoms with Gasteiger partial charge in [-0.1, -0.05) is 147 Å². The Hall–Kier alpha value is -6.00. The van der Waals surface area contributed by atoms with Crippen LogP contribution in [0.2, 0.25) is 0 Å². The van der Waals surface area contributed by atoms with E-state index in [1.54, 1.807) is 0 Å². The van der Waals surface area contributed by atoms with E-state index in [2.05, 4.69) is 218 Å². The molecule has 0 amide bonds. The predicted molar refractivity (Wildman–Crippen MR) is 249 cm³/mol. The van der Waals surface area contributed by atoms with E-state index in [1.165, 1.54) is 61.2 Å². The van der Waals surface area contributed by atoms with Crippen molar-refractivity contribution in [3.63, 3.8) is 0 Å². The molecule has 286 valence electrons. The van der Waals surface area contributed by atoms with Crippen molar-refractivity contribution in [3.8, 4) is 22.3 Å². The molecule has 58 heavy (non-hydrogen) atoms. The lowest BCUT2D eigenvalue weighted by Crippen LogP contribution is -2.61. The number of fused-ring (bicyclic) bond motifs is 7. The van der Waals surface area contributed by atoms with Gasteiger partial charge in [-0.3, -0.25) is 0 Å². The number of rotatable bonds is 3. The fraction of sp³-hybridized carbons (Fsp3) is 0.222. The molecular formula is C54H51BN2O. The van der Waals surface area contributed by atoms with Crippen LogP contribution in [0.5, 0.6) is 0 Å². The SMILES string of the molecule is CC(C)(C)c1ccc(N2B3c4cc(C(C)(C)C)ccc4N(c4ccc(C(C)(C)C)cc4)c4cc(-c5ccccc5)cc(c43)-c3cc4c(cc32)oc2ccccc24)cc1. The number of furan rings is 1. The number of hydrogen-bond donors (Lipinski definition) is 0. The number of anilines is 5. The summed E-state index contributed by atoms with van der Waals surface area (Å²) in [4.78, 5) is 5.14. The fourth-order valence-electron chi connectivity index (χ4n) is 9.24. The van der Waals surface area contributed by atoms with Crippen LogP contribution in [0.15, 0.2) is 150 Å². The van der Waals surface area contributed by atoms with Gasteiger partial charge in [-0.05, 0) is 115 Å². The maximum Gasteiger partial charge on any atom is 0.333 e. The van der Waals surface area contributed by atoms with Crippen LogP contribution >= 0.6 is 0 Å². The summed E-state index contributed by atoms with van der Waals surface area (Å²) in [7, 11) is 0. The van der Waals surface area contributed by atoms with Gasteiger partial charge in [0.2, 0.25) is 0 Å². The number of benzene rings is 7. The summed E-state index contributed by atoms with van der Waals surface area (Å²) in [6, 6.07) is 54.7.